The molecule has 3 atom stereocenters. The van der Waals surface area contributed by atoms with E-state index in [4.69, 9.17) is 0 Å². The van der Waals surface area contributed by atoms with Gasteiger partial charge in [0.15, 0.2) is 0 Å². The molecule has 0 aromatic heterocycles. The molecule has 0 radical (unpaired) electrons. The standard InChI is InChI=1S/C19H34O4/c1-15(21)10-8-6-4-2-3-5-7-9-11-19(23)18-13-17(22)12-16(18)14-20/h16-18,20,22H,2-14H2,1H3/t16-,17+,18?/m0/s1. The molecule has 23 heavy (non-hydrogen) atoms. The van der Waals surface area contributed by atoms with Crippen molar-refractivity contribution in [3.63, 3.8) is 0 Å². The number of hydrogen-bond donors (Lipinski definition) is 2. The zero-order valence-electron chi connectivity index (χ0n) is 14.6. The minimum Gasteiger partial charge on any atom is -0.396 e. The molecule has 0 bridgehead atoms. The van der Waals surface area contributed by atoms with Crippen LogP contribution in [0.15, 0.2) is 0 Å². The first-order valence-corrected chi connectivity index (χ1v) is 9.35. The van der Waals surface area contributed by atoms with E-state index in [1.54, 1.807) is 6.92 Å². The van der Waals surface area contributed by atoms with Gasteiger partial charge in [0.05, 0.1) is 6.10 Å². The van der Waals surface area contributed by atoms with Gasteiger partial charge in [0.2, 0.25) is 0 Å². The third kappa shape index (κ3) is 8.61. The Morgan fingerprint density at radius 2 is 1.39 bits per heavy atom. The lowest BCUT2D eigenvalue weighted by atomic mass is 9.90. The number of carbonyl (C=O) groups is 2. The molecule has 1 aliphatic carbocycles. The molecule has 4 heteroatoms. The number of rotatable bonds is 13. The number of carbonyl (C=O) groups excluding carboxylic acids is 2. The van der Waals surface area contributed by atoms with Gasteiger partial charge in [0.25, 0.3) is 0 Å². The molecule has 4 nitrogen and oxygen atoms in total. The van der Waals surface area contributed by atoms with Crippen LogP contribution >= 0.6 is 0 Å². The van der Waals surface area contributed by atoms with Crippen LogP contribution in [0.25, 0.3) is 0 Å². The van der Waals surface area contributed by atoms with Crippen LogP contribution in [0.3, 0.4) is 0 Å². The summed E-state index contributed by atoms with van der Waals surface area (Å²) in [5.74, 6) is 0.349. The molecule has 1 rings (SSSR count). The van der Waals surface area contributed by atoms with Crippen LogP contribution in [0, 0.1) is 11.8 Å². The molecule has 0 amide bonds. The van der Waals surface area contributed by atoms with Crippen molar-refractivity contribution in [1.29, 1.82) is 0 Å². The Hall–Kier alpha value is -0.740. The van der Waals surface area contributed by atoms with Gasteiger partial charge in [-0.1, -0.05) is 38.5 Å². The molecule has 1 unspecified atom stereocenters. The summed E-state index contributed by atoms with van der Waals surface area (Å²) in [4.78, 5) is 23.0. The Morgan fingerprint density at radius 1 is 0.870 bits per heavy atom. The molecule has 0 aromatic rings. The van der Waals surface area contributed by atoms with E-state index in [1.807, 2.05) is 0 Å². The number of aliphatic hydroxyl groups is 2. The van der Waals surface area contributed by atoms with Crippen molar-refractivity contribution in [2.45, 2.75) is 90.1 Å². The van der Waals surface area contributed by atoms with Crippen LogP contribution < -0.4 is 0 Å². The van der Waals surface area contributed by atoms with Crippen molar-refractivity contribution in [2.75, 3.05) is 6.61 Å². The molecule has 134 valence electrons. The predicted octanol–water partition coefficient (Wildman–Crippen LogP) is 3.42. The Kier molecular flexibility index (Phi) is 10.4. The molecule has 2 N–H and O–H groups in total. The lowest BCUT2D eigenvalue weighted by Gasteiger charge is -2.15. The van der Waals surface area contributed by atoms with Gasteiger partial charge in [-0.15, -0.1) is 0 Å². The van der Waals surface area contributed by atoms with Gasteiger partial charge >= 0.3 is 0 Å². The highest BCUT2D eigenvalue weighted by atomic mass is 16.3. The first-order chi connectivity index (χ1) is 11.0. The molecule has 1 fully saturated rings. The number of ketones is 2. The van der Waals surface area contributed by atoms with Crippen molar-refractivity contribution in [3.05, 3.63) is 0 Å². The second-order valence-electron chi connectivity index (χ2n) is 7.17. The monoisotopic (exact) mass is 326 g/mol. The van der Waals surface area contributed by atoms with E-state index in [0.717, 1.165) is 32.1 Å². The molecule has 0 saturated heterocycles. The van der Waals surface area contributed by atoms with E-state index in [1.165, 1.54) is 19.3 Å². The second kappa shape index (κ2) is 11.7. The van der Waals surface area contributed by atoms with Crippen molar-refractivity contribution in [3.8, 4) is 0 Å². The van der Waals surface area contributed by atoms with Gasteiger partial charge < -0.3 is 15.0 Å². The number of unbranched alkanes of at least 4 members (excludes halogenated alkanes) is 7. The fraction of sp³-hybridized carbons (Fsp3) is 0.895. The van der Waals surface area contributed by atoms with Gasteiger partial charge in [-0.05, 0) is 38.5 Å². The lowest BCUT2D eigenvalue weighted by Crippen LogP contribution is -2.21. The highest BCUT2D eigenvalue weighted by Crippen LogP contribution is 2.33. The molecule has 0 aliphatic heterocycles. The van der Waals surface area contributed by atoms with Crippen LogP contribution in [-0.4, -0.2) is 34.5 Å². The SMILES string of the molecule is CC(=O)CCCCCCCCCCC(=O)C1C[C@H](O)C[C@H]1CO. The van der Waals surface area contributed by atoms with E-state index in [2.05, 4.69) is 0 Å². The van der Waals surface area contributed by atoms with Crippen molar-refractivity contribution in [2.24, 2.45) is 11.8 Å². The normalized spacial score (nSPS) is 24.0. The van der Waals surface area contributed by atoms with Crippen molar-refractivity contribution in [1.82, 2.24) is 0 Å². The maximum Gasteiger partial charge on any atom is 0.136 e. The Balaban J connectivity index is 1.96. The quantitative estimate of drug-likeness (QED) is 0.509. The second-order valence-corrected chi connectivity index (χ2v) is 7.17. The summed E-state index contributed by atoms with van der Waals surface area (Å²) >= 11 is 0. The fourth-order valence-corrected chi connectivity index (χ4v) is 3.61. The average Bonchev–Trinajstić information content (AvgIpc) is 2.89. The van der Waals surface area contributed by atoms with Gasteiger partial charge in [-0.25, -0.2) is 0 Å². The number of hydrogen-bond acceptors (Lipinski definition) is 4. The fourth-order valence-electron chi connectivity index (χ4n) is 3.61. The van der Waals surface area contributed by atoms with E-state index in [-0.39, 0.29) is 30.0 Å². The maximum atomic E-state index is 12.2. The molecular formula is C19H34O4. The predicted molar refractivity (Wildman–Crippen MR) is 91.2 cm³/mol. The Labute approximate surface area is 140 Å². The van der Waals surface area contributed by atoms with E-state index in [0.29, 0.717) is 25.7 Å². The Morgan fingerprint density at radius 3 is 1.91 bits per heavy atom. The summed E-state index contributed by atoms with van der Waals surface area (Å²) < 4.78 is 0. The summed E-state index contributed by atoms with van der Waals surface area (Å²) in [6.45, 7) is 1.66. The summed E-state index contributed by atoms with van der Waals surface area (Å²) in [5, 5.41) is 18.9. The van der Waals surface area contributed by atoms with E-state index >= 15 is 0 Å². The third-order valence-electron chi connectivity index (χ3n) is 5.02. The number of aliphatic hydroxyl groups excluding tert-OH is 2. The van der Waals surface area contributed by atoms with E-state index < -0.39 is 6.10 Å². The average molecular weight is 326 g/mol. The molecular weight excluding hydrogens is 292 g/mol. The van der Waals surface area contributed by atoms with Gasteiger partial charge in [-0.3, -0.25) is 4.79 Å². The zero-order valence-corrected chi connectivity index (χ0v) is 14.6. The maximum absolute atomic E-state index is 12.2. The third-order valence-corrected chi connectivity index (χ3v) is 5.02. The summed E-state index contributed by atoms with van der Waals surface area (Å²) in [7, 11) is 0. The number of Topliss-reactive ketones (excluding diaryl/α,β-unsaturated/α-hetero) is 2. The summed E-state index contributed by atoms with van der Waals surface area (Å²) in [5.41, 5.74) is 0. The minimum absolute atomic E-state index is 0.0110. The molecule has 0 spiro atoms. The van der Waals surface area contributed by atoms with Crippen molar-refractivity contribution >= 4 is 11.6 Å². The van der Waals surface area contributed by atoms with Crippen LogP contribution in [-0.2, 0) is 9.59 Å². The highest BCUT2D eigenvalue weighted by Gasteiger charge is 2.36. The topological polar surface area (TPSA) is 74.6 Å². The van der Waals surface area contributed by atoms with Crippen LogP contribution in [0.1, 0.15) is 84.0 Å². The largest absolute Gasteiger partial charge is 0.396 e. The van der Waals surface area contributed by atoms with Crippen LogP contribution in [0.5, 0.6) is 0 Å². The van der Waals surface area contributed by atoms with Crippen LogP contribution in [0.4, 0.5) is 0 Å². The molecule has 1 saturated carbocycles. The molecule has 1 aliphatic rings. The summed E-state index contributed by atoms with van der Waals surface area (Å²) in [6, 6.07) is 0. The van der Waals surface area contributed by atoms with Gasteiger partial charge in [0, 0.05) is 25.4 Å². The van der Waals surface area contributed by atoms with Crippen LogP contribution in [0.2, 0.25) is 0 Å². The lowest BCUT2D eigenvalue weighted by molar-refractivity contribution is -0.124. The van der Waals surface area contributed by atoms with Gasteiger partial charge in [0.1, 0.15) is 11.6 Å². The Bertz CT molecular complexity index is 353. The van der Waals surface area contributed by atoms with E-state index in [9.17, 15) is 19.8 Å². The molecule has 0 heterocycles. The van der Waals surface area contributed by atoms with Gasteiger partial charge in [-0.2, -0.15) is 0 Å². The van der Waals surface area contributed by atoms with Crippen molar-refractivity contribution < 1.29 is 19.8 Å². The summed E-state index contributed by atoms with van der Waals surface area (Å²) in [6.07, 6.45) is 10.9. The minimum atomic E-state index is -0.413. The first kappa shape index (κ1) is 20.3. The highest BCUT2D eigenvalue weighted by molar-refractivity contribution is 5.81. The zero-order chi connectivity index (χ0) is 17.1. The smallest absolute Gasteiger partial charge is 0.136 e. The first-order valence-electron chi connectivity index (χ1n) is 9.35. The molecule has 0 aromatic carbocycles.